The van der Waals surface area contributed by atoms with Gasteiger partial charge in [-0.1, -0.05) is 61.5 Å². The zero-order valence-corrected chi connectivity index (χ0v) is 15.7. The van der Waals surface area contributed by atoms with Crippen molar-refractivity contribution in [1.29, 1.82) is 0 Å². The second-order valence-corrected chi connectivity index (χ2v) is 8.83. The highest BCUT2D eigenvalue weighted by molar-refractivity contribution is 7.91. The Morgan fingerprint density at radius 2 is 1.81 bits per heavy atom. The number of nitrogens with one attached hydrogen (secondary N) is 1. The monoisotopic (exact) mass is 373 g/mol. The van der Waals surface area contributed by atoms with Crippen LogP contribution in [0.5, 0.6) is 0 Å². The van der Waals surface area contributed by atoms with E-state index in [9.17, 15) is 13.2 Å². The molecule has 2 aromatic rings. The molecular formula is C20H23NO4S. The highest BCUT2D eigenvalue weighted by Gasteiger charge is 2.41. The van der Waals surface area contributed by atoms with E-state index in [4.69, 9.17) is 4.74 Å². The zero-order chi connectivity index (χ0) is 18.7. The fourth-order valence-electron chi connectivity index (χ4n) is 3.59. The average molecular weight is 373 g/mol. The summed E-state index contributed by atoms with van der Waals surface area (Å²) in [4.78, 5) is 12.8. The lowest BCUT2D eigenvalue weighted by Crippen LogP contribution is -2.43. The molecule has 5 nitrogen and oxygen atoms in total. The van der Waals surface area contributed by atoms with Crippen LogP contribution >= 0.6 is 0 Å². The Hall–Kier alpha value is -2.18. The first-order valence-corrected chi connectivity index (χ1v) is 10.4. The van der Waals surface area contributed by atoms with Gasteiger partial charge in [0.05, 0.1) is 6.04 Å². The summed E-state index contributed by atoms with van der Waals surface area (Å²) < 4.78 is 30.7. The maximum atomic E-state index is 12.8. The molecule has 2 aromatic carbocycles. The van der Waals surface area contributed by atoms with Gasteiger partial charge in [0, 0.05) is 12.9 Å². The highest BCUT2D eigenvalue weighted by Crippen LogP contribution is 2.38. The van der Waals surface area contributed by atoms with E-state index < -0.39 is 27.2 Å². The molecule has 0 heterocycles. The molecule has 1 aliphatic rings. The van der Waals surface area contributed by atoms with Crippen molar-refractivity contribution in [2.75, 3.05) is 12.9 Å². The Bertz CT molecular complexity index is 880. The zero-order valence-electron chi connectivity index (χ0n) is 14.9. The number of hydrogen-bond acceptors (Lipinski definition) is 4. The van der Waals surface area contributed by atoms with E-state index in [0.29, 0.717) is 6.42 Å². The van der Waals surface area contributed by atoms with Gasteiger partial charge in [-0.05, 0) is 23.1 Å². The molecule has 0 saturated heterocycles. The minimum absolute atomic E-state index is 0.0325. The molecule has 6 heteroatoms. The Labute approximate surface area is 154 Å². The molecule has 1 N–H and O–H groups in total. The van der Waals surface area contributed by atoms with Crippen molar-refractivity contribution in [3.63, 3.8) is 0 Å². The number of rotatable bonds is 6. The summed E-state index contributed by atoms with van der Waals surface area (Å²) in [5.41, 5.74) is 2.49. The smallest absolute Gasteiger partial charge is 0.254 e. The number of sulfone groups is 1. The van der Waals surface area contributed by atoms with Crippen molar-refractivity contribution in [3.8, 4) is 0 Å². The molecule has 3 atom stereocenters. The van der Waals surface area contributed by atoms with Gasteiger partial charge in [0.25, 0.3) is 5.91 Å². The lowest BCUT2D eigenvalue weighted by Gasteiger charge is -2.24. The van der Waals surface area contributed by atoms with Gasteiger partial charge in [-0.2, -0.15) is 0 Å². The van der Waals surface area contributed by atoms with E-state index in [-0.39, 0.29) is 11.7 Å². The third kappa shape index (κ3) is 3.52. The predicted molar refractivity (Wildman–Crippen MR) is 100 cm³/mol. The van der Waals surface area contributed by atoms with E-state index in [0.717, 1.165) is 16.7 Å². The summed E-state index contributed by atoms with van der Waals surface area (Å²) in [5.74, 6) is -0.294. The van der Waals surface area contributed by atoms with Gasteiger partial charge in [0.1, 0.15) is 5.25 Å². The number of amides is 1. The van der Waals surface area contributed by atoms with Crippen LogP contribution in [0.2, 0.25) is 0 Å². The SMILES string of the molecule is CCS(=O)(=O)[C@@H]1c2ccccc2C[C@H]1NC(=O)[C@@H](OC)c1ccccc1. The second-order valence-electron chi connectivity index (χ2n) is 6.42. The van der Waals surface area contributed by atoms with Gasteiger partial charge >= 0.3 is 0 Å². The predicted octanol–water partition coefficient (Wildman–Crippen LogP) is 2.59. The Morgan fingerprint density at radius 3 is 2.46 bits per heavy atom. The standard InChI is InChI=1S/C20H23NO4S/c1-3-26(23,24)19-16-12-8-7-11-15(16)13-17(19)21-20(22)18(25-2)14-9-5-4-6-10-14/h4-12,17-19H,3,13H2,1-2H3,(H,21,22)/t17-,18+,19-/m1/s1. The van der Waals surface area contributed by atoms with Gasteiger partial charge in [0.2, 0.25) is 0 Å². The average Bonchev–Trinajstić information content (AvgIpc) is 3.01. The van der Waals surface area contributed by atoms with Gasteiger partial charge in [-0.15, -0.1) is 0 Å². The van der Waals surface area contributed by atoms with Gasteiger partial charge in [-0.3, -0.25) is 4.79 Å². The summed E-state index contributed by atoms with van der Waals surface area (Å²) in [7, 11) is -1.89. The third-order valence-corrected chi connectivity index (χ3v) is 7.02. The molecule has 0 saturated carbocycles. The van der Waals surface area contributed by atoms with Crippen molar-refractivity contribution in [1.82, 2.24) is 5.32 Å². The quantitative estimate of drug-likeness (QED) is 0.845. The molecule has 0 radical (unpaired) electrons. The van der Waals surface area contributed by atoms with Crippen LogP contribution in [-0.4, -0.2) is 33.2 Å². The van der Waals surface area contributed by atoms with Crippen molar-refractivity contribution in [2.45, 2.75) is 30.7 Å². The number of methoxy groups -OCH3 is 1. The molecule has 1 aliphatic carbocycles. The fourth-order valence-corrected chi connectivity index (χ4v) is 5.23. The van der Waals surface area contributed by atoms with Crippen molar-refractivity contribution < 1.29 is 17.9 Å². The van der Waals surface area contributed by atoms with Crippen molar-refractivity contribution in [3.05, 3.63) is 71.3 Å². The van der Waals surface area contributed by atoms with Crippen LogP contribution < -0.4 is 5.32 Å². The molecule has 26 heavy (non-hydrogen) atoms. The number of fused-ring (bicyclic) bond motifs is 1. The van der Waals surface area contributed by atoms with Crippen LogP contribution in [0.25, 0.3) is 0 Å². The Balaban J connectivity index is 1.88. The minimum Gasteiger partial charge on any atom is -0.367 e. The molecular weight excluding hydrogens is 350 g/mol. The molecule has 0 spiro atoms. The van der Waals surface area contributed by atoms with Crippen LogP contribution in [0.1, 0.15) is 35.0 Å². The Kier molecular flexibility index (Phi) is 5.44. The molecule has 138 valence electrons. The van der Waals surface area contributed by atoms with Crippen LogP contribution in [-0.2, 0) is 25.8 Å². The van der Waals surface area contributed by atoms with Gasteiger partial charge < -0.3 is 10.1 Å². The van der Waals surface area contributed by atoms with E-state index in [1.807, 2.05) is 54.6 Å². The first kappa shape index (κ1) is 18.6. The minimum atomic E-state index is -3.36. The molecule has 3 rings (SSSR count). The normalized spacial score (nSPS) is 20.4. The van der Waals surface area contributed by atoms with Crippen LogP contribution in [0.3, 0.4) is 0 Å². The summed E-state index contributed by atoms with van der Waals surface area (Å²) in [6.07, 6.45) is -0.276. The fraction of sp³-hybridized carbons (Fsp3) is 0.350. The van der Waals surface area contributed by atoms with Gasteiger partial charge in [0.15, 0.2) is 15.9 Å². The maximum absolute atomic E-state index is 12.8. The summed E-state index contributed by atoms with van der Waals surface area (Å²) >= 11 is 0. The summed E-state index contributed by atoms with van der Waals surface area (Å²) in [6, 6.07) is 16.2. The van der Waals surface area contributed by atoms with E-state index in [1.165, 1.54) is 7.11 Å². The number of carbonyl (C=O) groups is 1. The number of ether oxygens (including phenoxy) is 1. The van der Waals surface area contributed by atoms with Crippen LogP contribution in [0, 0.1) is 0 Å². The maximum Gasteiger partial charge on any atom is 0.254 e. The van der Waals surface area contributed by atoms with E-state index in [1.54, 1.807) is 6.92 Å². The summed E-state index contributed by atoms with van der Waals surface area (Å²) in [5, 5.41) is 2.20. The molecule has 0 bridgehead atoms. The third-order valence-electron chi connectivity index (χ3n) is 4.86. The number of hydrogen-bond donors (Lipinski definition) is 1. The van der Waals surface area contributed by atoms with E-state index in [2.05, 4.69) is 5.32 Å². The number of benzene rings is 2. The lowest BCUT2D eigenvalue weighted by atomic mass is 10.1. The molecule has 0 unspecified atom stereocenters. The topological polar surface area (TPSA) is 72.5 Å². The first-order chi connectivity index (χ1) is 12.5. The lowest BCUT2D eigenvalue weighted by molar-refractivity contribution is -0.132. The molecule has 0 fully saturated rings. The van der Waals surface area contributed by atoms with E-state index >= 15 is 0 Å². The van der Waals surface area contributed by atoms with Crippen molar-refractivity contribution in [2.24, 2.45) is 0 Å². The Morgan fingerprint density at radius 1 is 1.15 bits per heavy atom. The second kappa shape index (κ2) is 7.60. The van der Waals surface area contributed by atoms with Gasteiger partial charge in [-0.25, -0.2) is 8.42 Å². The molecule has 0 aromatic heterocycles. The highest BCUT2D eigenvalue weighted by atomic mass is 32.2. The molecule has 0 aliphatic heterocycles. The van der Waals surface area contributed by atoms with Crippen LogP contribution in [0.15, 0.2) is 54.6 Å². The number of carbonyl (C=O) groups excluding carboxylic acids is 1. The first-order valence-electron chi connectivity index (χ1n) is 8.65. The van der Waals surface area contributed by atoms with Crippen molar-refractivity contribution >= 4 is 15.7 Å². The van der Waals surface area contributed by atoms with Crippen LogP contribution in [0.4, 0.5) is 0 Å². The summed E-state index contributed by atoms with van der Waals surface area (Å²) in [6.45, 7) is 1.64. The molecule has 1 amide bonds. The largest absolute Gasteiger partial charge is 0.367 e.